The third-order valence-electron chi connectivity index (χ3n) is 5.10. The van der Waals surface area contributed by atoms with Crippen molar-refractivity contribution in [1.82, 2.24) is 4.90 Å². The van der Waals surface area contributed by atoms with E-state index in [1.165, 1.54) is 11.7 Å². The molecular formula is C21H21N3O. The molecule has 0 saturated carbocycles. The minimum Gasteiger partial charge on any atom is -0.453 e. The summed E-state index contributed by atoms with van der Waals surface area (Å²) in [6.07, 6.45) is 5.61. The second-order valence-corrected chi connectivity index (χ2v) is 6.73. The zero-order valence-electron chi connectivity index (χ0n) is 14.4. The summed E-state index contributed by atoms with van der Waals surface area (Å²) < 4.78 is 6.24. The van der Waals surface area contributed by atoms with Crippen LogP contribution in [0.1, 0.15) is 24.8 Å². The largest absolute Gasteiger partial charge is 0.453 e. The number of aliphatic imine (C=N–C) groups is 1. The molecule has 0 aromatic heterocycles. The molecule has 5 rings (SSSR count). The van der Waals surface area contributed by atoms with Crippen molar-refractivity contribution in [1.29, 1.82) is 0 Å². The first-order valence-corrected chi connectivity index (χ1v) is 9.00. The van der Waals surface area contributed by atoms with Crippen molar-refractivity contribution in [2.45, 2.75) is 26.2 Å². The van der Waals surface area contributed by atoms with Gasteiger partial charge in [0, 0.05) is 19.5 Å². The predicted octanol–water partition coefficient (Wildman–Crippen LogP) is 4.98. The zero-order valence-corrected chi connectivity index (χ0v) is 14.4. The zero-order chi connectivity index (χ0) is 16.8. The van der Waals surface area contributed by atoms with Crippen molar-refractivity contribution >= 4 is 17.2 Å². The highest BCUT2D eigenvalue weighted by Gasteiger charge is 2.33. The molecule has 0 amide bonds. The van der Waals surface area contributed by atoms with Crippen molar-refractivity contribution in [3.63, 3.8) is 0 Å². The van der Waals surface area contributed by atoms with E-state index in [-0.39, 0.29) is 0 Å². The van der Waals surface area contributed by atoms with Crippen LogP contribution in [0.2, 0.25) is 0 Å². The van der Waals surface area contributed by atoms with E-state index in [2.05, 4.69) is 53.1 Å². The average molecular weight is 331 g/mol. The van der Waals surface area contributed by atoms with Gasteiger partial charge in [0.2, 0.25) is 0 Å². The molecule has 4 heteroatoms. The minimum absolute atomic E-state index is 0.908. The predicted molar refractivity (Wildman–Crippen MR) is 101 cm³/mol. The number of ether oxygens (including phenoxy) is 1. The summed E-state index contributed by atoms with van der Waals surface area (Å²) in [4.78, 5) is 9.47. The Morgan fingerprint density at radius 1 is 1.04 bits per heavy atom. The fourth-order valence-corrected chi connectivity index (χ4v) is 3.93. The maximum Gasteiger partial charge on any atom is 0.154 e. The molecule has 0 unspecified atom stereocenters. The van der Waals surface area contributed by atoms with E-state index in [0.717, 1.165) is 60.8 Å². The molecule has 4 nitrogen and oxygen atoms in total. The molecule has 0 bridgehead atoms. The summed E-state index contributed by atoms with van der Waals surface area (Å²) in [7, 11) is 0. The summed E-state index contributed by atoms with van der Waals surface area (Å²) in [5.41, 5.74) is 3.35. The van der Waals surface area contributed by atoms with Crippen LogP contribution < -0.4 is 9.64 Å². The van der Waals surface area contributed by atoms with Gasteiger partial charge in [-0.25, -0.2) is 0 Å². The lowest BCUT2D eigenvalue weighted by molar-refractivity contribution is 0.464. The van der Waals surface area contributed by atoms with Gasteiger partial charge >= 0.3 is 0 Å². The number of hydrogen-bond donors (Lipinski definition) is 0. The fraction of sp³-hybridized carbons (Fsp3) is 0.286. The Balaban J connectivity index is 1.67. The highest BCUT2D eigenvalue weighted by molar-refractivity contribution is 5.89. The van der Waals surface area contributed by atoms with Gasteiger partial charge in [0.05, 0.1) is 11.4 Å². The second-order valence-electron chi connectivity index (χ2n) is 6.73. The smallest absolute Gasteiger partial charge is 0.154 e. The normalized spacial score (nSPS) is 18.4. The molecule has 0 N–H and O–H groups in total. The Hall–Kier alpha value is -2.75. The SMILES string of the molecule is Cc1cccc2c1Oc1ccccc1N2C1=CCCN1C1=NCCC1. The maximum atomic E-state index is 6.24. The molecule has 0 spiro atoms. The number of benzene rings is 2. The van der Waals surface area contributed by atoms with E-state index in [9.17, 15) is 0 Å². The Morgan fingerprint density at radius 3 is 2.80 bits per heavy atom. The minimum atomic E-state index is 0.908. The lowest BCUT2D eigenvalue weighted by atomic mass is 10.1. The van der Waals surface area contributed by atoms with E-state index in [4.69, 9.17) is 9.73 Å². The first-order chi connectivity index (χ1) is 12.3. The highest BCUT2D eigenvalue weighted by atomic mass is 16.5. The van der Waals surface area contributed by atoms with Crippen LogP contribution in [0, 0.1) is 6.92 Å². The van der Waals surface area contributed by atoms with E-state index in [0.29, 0.717) is 0 Å². The van der Waals surface area contributed by atoms with Gasteiger partial charge in [-0.1, -0.05) is 24.3 Å². The van der Waals surface area contributed by atoms with E-state index in [1.54, 1.807) is 0 Å². The topological polar surface area (TPSA) is 28.1 Å². The van der Waals surface area contributed by atoms with Crippen LogP contribution in [0.15, 0.2) is 59.4 Å². The number of rotatable bonds is 1. The van der Waals surface area contributed by atoms with Gasteiger partial charge in [-0.15, -0.1) is 0 Å². The average Bonchev–Trinajstić information content (AvgIpc) is 3.31. The van der Waals surface area contributed by atoms with Crippen LogP contribution in [0.3, 0.4) is 0 Å². The van der Waals surface area contributed by atoms with Crippen LogP contribution >= 0.6 is 0 Å². The molecule has 126 valence electrons. The van der Waals surface area contributed by atoms with Gasteiger partial charge in [0.15, 0.2) is 11.5 Å². The molecule has 0 radical (unpaired) electrons. The van der Waals surface area contributed by atoms with Gasteiger partial charge in [0.1, 0.15) is 11.7 Å². The summed E-state index contributed by atoms with van der Waals surface area (Å²) in [5, 5.41) is 0. The Labute approximate surface area is 148 Å². The molecule has 0 atom stereocenters. The molecule has 0 fully saturated rings. The summed E-state index contributed by atoms with van der Waals surface area (Å²) >= 11 is 0. The van der Waals surface area contributed by atoms with E-state index >= 15 is 0 Å². The van der Waals surface area contributed by atoms with Crippen molar-refractivity contribution in [3.8, 4) is 11.5 Å². The molecule has 25 heavy (non-hydrogen) atoms. The van der Waals surface area contributed by atoms with E-state index in [1.807, 2.05) is 12.1 Å². The van der Waals surface area contributed by atoms with Crippen molar-refractivity contribution in [2.75, 3.05) is 18.0 Å². The molecule has 0 aliphatic carbocycles. The van der Waals surface area contributed by atoms with Crippen molar-refractivity contribution in [2.24, 2.45) is 4.99 Å². The number of nitrogens with zero attached hydrogens (tertiary/aromatic N) is 3. The summed E-state index contributed by atoms with van der Waals surface area (Å²) in [6, 6.07) is 14.6. The first kappa shape index (κ1) is 14.6. The van der Waals surface area contributed by atoms with Crippen LogP contribution in [0.5, 0.6) is 11.5 Å². The maximum absolute atomic E-state index is 6.24. The quantitative estimate of drug-likeness (QED) is 0.738. The number of anilines is 2. The standard InChI is InChI=1S/C21H21N3O/c1-15-7-4-9-17-21(15)25-18-10-3-2-8-16(18)24(17)20-12-6-14-23(20)19-11-5-13-22-19/h2-4,7-10,12H,5-6,11,13-14H2,1H3. The molecule has 3 aliphatic rings. The lowest BCUT2D eigenvalue weighted by Crippen LogP contribution is -2.35. The van der Waals surface area contributed by atoms with Gasteiger partial charge in [-0.2, -0.15) is 0 Å². The Bertz CT molecular complexity index is 900. The molecule has 0 saturated heterocycles. The Kier molecular flexibility index (Phi) is 3.30. The van der Waals surface area contributed by atoms with Crippen LogP contribution in [-0.4, -0.2) is 23.8 Å². The summed E-state index contributed by atoms with van der Waals surface area (Å²) in [5.74, 6) is 4.29. The highest BCUT2D eigenvalue weighted by Crippen LogP contribution is 2.50. The molecule has 3 heterocycles. The molecule has 3 aliphatic heterocycles. The van der Waals surface area contributed by atoms with Crippen LogP contribution in [0.25, 0.3) is 0 Å². The number of aryl methyl sites for hydroxylation is 1. The molecular weight excluding hydrogens is 310 g/mol. The van der Waals surface area contributed by atoms with Gasteiger partial charge < -0.3 is 9.64 Å². The lowest BCUT2D eigenvalue weighted by Gasteiger charge is -2.37. The monoisotopic (exact) mass is 331 g/mol. The fourth-order valence-electron chi connectivity index (χ4n) is 3.93. The number of para-hydroxylation sites is 3. The van der Waals surface area contributed by atoms with Crippen molar-refractivity contribution < 1.29 is 4.74 Å². The van der Waals surface area contributed by atoms with Gasteiger partial charge in [-0.05, 0) is 49.6 Å². The number of fused-ring (bicyclic) bond motifs is 2. The second kappa shape index (κ2) is 5.66. The Morgan fingerprint density at radius 2 is 1.92 bits per heavy atom. The first-order valence-electron chi connectivity index (χ1n) is 9.00. The number of hydrogen-bond acceptors (Lipinski definition) is 4. The van der Waals surface area contributed by atoms with E-state index < -0.39 is 0 Å². The van der Waals surface area contributed by atoms with Crippen molar-refractivity contribution in [3.05, 3.63) is 59.9 Å². The third-order valence-corrected chi connectivity index (χ3v) is 5.10. The van der Waals surface area contributed by atoms with Crippen LogP contribution in [-0.2, 0) is 0 Å². The van der Waals surface area contributed by atoms with Crippen LogP contribution in [0.4, 0.5) is 11.4 Å². The third kappa shape index (κ3) is 2.24. The van der Waals surface area contributed by atoms with Gasteiger partial charge in [-0.3, -0.25) is 9.89 Å². The molecule has 2 aromatic carbocycles. The number of amidine groups is 1. The van der Waals surface area contributed by atoms with Gasteiger partial charge in [0.25, 0.3) is 0 Å². The summed E-state index contributed by atoms with van der Waals surface area (Å²) in [6.45, 7) is 4.07. The molecule has 2 aromatic rings.